The Morgan fingerprint density at radius 3 is 2.90 bits per heavy atom. The summed E-state index contributed by atoms with van der Waals surface area (Å²) >= 11 is 0. The summed E-state index contributed by atoms with van der Waals surface area (Å²) in [5.41, 5.74) is 1.12. The highest BCUT2D eigenvalue weighted by atomic mass is 19.1. The van der Waals surface area contributed by atoms with Crippen LogP contribution in [0.4, 0.5) is 4.39 Å². The molecule has 0 unspecified atom stereocenters. The van der Waals surface area contributed by atoms with E-state index in [9.17, 15) is 9.18 Å². The lowest BCUT2D eigenvalue weighted by Crippen LogP contribution is -1.95. The molecule has 0 aliphatic rings. The van der Waals surface area contributed by atoms with Crippen LogP contribution in [0.15, 0.2) is 22.7 Å². The van der Waals surface area contributed by atoms with Crippen molar-refractivity contribution < 1.29 is 18.8 Å². The van der Waals surface area contributed by atoms with E-state index in [4.69, 9.17) is 9.63 Å². The van der Waals surface area contributed by atoms with Crippen molar-refractivity contribution in [2.24, 2.45) is 0 Å². The minimum atomic E-state index is -0.814. The average molecular weight is 278 g/mol. The minimum Gasteiger partial charge on any atom is -0.481 e. The average Bonchev–Trinajstić information content (AvgIpc) is 2.86. The van der Waals surface area contributed by atoms with Crippen LogP contribution in [0, 0.1) is 12.7 Å². The molecule has 5 nitrogen and oxygen atoms in total. The van der Waals surface area contributed by atoms with Gasteiger partial charge < -0.3 is 9.63 Å². The number of nitrogens with zero attached hydrogens (tertiary/aromatic N) is 2. The maximum Gasteiger partial charge on any atom is 0.303 e. The summed E-state index contributed by atoms with van der Waals surface area (Å²) < 4.78 is 18.5. The van der Waals surface area contributed by atoms with E-state index in [1.165, 1.54) is 6.07 Å². The number of unbranched alkanes of at least 4 members (excludes halogenated alkanes) is 1. The lowest BCUT2D eigenvalue weighted by atomic mass is 10.1. The Morgan fingerprint density at radius 1 is 1.40 bits per heavy atom. The molecule has 0 amide bonds. The van der Waals surface area contributed by atoms with E-state index in [-0.39, 0.29) is 12.2 Å². The molecule has 1 N–H and O–H groups in total. The fourth-order valence-corrected chi connectivity index (χ4v) is 1.76. The summed E-state index contributed by atoms with van der Waals surface area (Å²) in [6, 6.07) is 4.76. The van der Waals surface area contributed by atoms with Gasteiger partial charge in [-0.1, -0.05) is 17.3 Å². The number of carbonyl (C=O) groups is 1. The van der Waals surface area contributed by atoms with Gasteiger partial charge in [0.2, 0.25) is 11.7 Å². The third kappa shape index (κ3) is 3.63. The molecule has 0 fully saturated rings. The van der Waals surface area contributed by atoms with Crippen LogP contribution in [0.1, 0.15) is 30.7 Å². The van der Waals surface area contributed by atoms with E-state index < -0.39 is 5.97 Å². The van der Waals surface area contributed by atoms with Gasteiger partial charge in [-0.25, -0.2) is 4.39 Å². The molecule has 1 aromatic heterocycles. The molecule has 1 heterocycles. The maximum absolute atomic E-state index is 13.5. The van der Waals surface area contributed by atoms with Gasteiger partial charge in [0.25, 0.3) is 0 Å². The van der Waals surface area contributed by atoms with Crippen LogP contribution >= 0.6 is 0 Å². The number of aliphatic carboxylic acids is 1. The summed E-state index contributed by atoms with van der Waals surface area (Å²) in [5, 5.41) is 12.3. The molecule has 0 bridgehead atoms. The summed E-state index contributed by atoms with van der Waals surface area (Å²) in [7, 11) is 0. The van der Waals surface area contributed by atoms with Gasteiger partial charge in [0.15, 0.2) is 0 Å². The Bertz CT molecular complexity index is 610. The van der Waals surface area contributed by atoms with E-state index in [1.54, 1.807) is 19.1 Å². The van der Waals surface area contributed by atoms with Crippen LogP contribution in [0.5, 0.6) is 0 Å². The first kappa shape index (κ1) is 14.2. The van der Waals surface area contributed by atoms with Crippen molar-refractivity contribution in [3.8, 4) is 11.4 Å². The number of carboxylic acids is 1. The van der Waals surface area contributed by atoms with Crippen LogP contribution in [-0.4, -0.2) is 21.2 Å². The molecule has 0 atom stereocenters. The number of hydrogen-bond donors (Lipinski definition) is 1. The van der Waals surface area contributed by atoms with Gasteiger partial charge in [-0.05, 0) is 31.4 Å². The van der Waals surface area contributed by atoms with Crippen LogP contribution in [-0.2, 0) is 11.2 Å². The zero-order valence-corrected chi connectivity index (χ0v) is 11.1. The Kier molecular flexibility index (Phi) is 4.45. The van der Waals surface area contributed by atoms with Crippen molar-refractivity contribution in [3.05, 3.63) is 35.5 Å². The van der Waals surface area contributed by atoms with Crippen molar-refractivity contribution in [1.29, 1.82) is 0 Å². The quantitative estimate of drug-likeness (QED) is 0.822. The molecule has 106 valence electrons. The summed E-state index contributed by atoms with van der Waals surface area (Å²) in [5.74, 6) is -0.342. The van der Waals surface area contributed by atoms with Crippen molar-refractivity contribution in [1.82, 2.24) is 10.1 Å². The molecular formula is C14H15FN2O3. The number of hydrogen-bond acceptors (Lipinski definition) is 4. The lowest BCUT2D eigenvalue weighted by Gasteiger charge is -1.97. The third-order valence-corrected chi connectivity index (χ3v) is 2.93. The Morgan fingerprint density at radius 2 is 2.20 bits per heavy atom. The summed E-state index contributed by atoms with van der Waals surface area (Å²) in [6.07, 6.45) is 1.88. The van der Waals surface area contributed by atoms with Gasteiger partial charge in [-0.3, -0.25) is 4.79 Å². The highest BCUT2D eigenvalue weighted by molar-refractivity contribution is 5.66. The molecule has 0 radical (unpaired) electrons. The smallest absolute Gasteiger partial charge is 0.303 e. The van der Waals surface area contributed by atoms with Gasteiger partial charge in [-0.15, -0.1) is 0 Å². The van der Waals surface area contributed by atoms with E-state index in [2.05, 4.69) is 10.1 Å². The van der Waals surface area contributed by atoms with Crippen LogP contribution in [0.25, 0.3) is 11.4 Å². The van der Waals surface area contributed by atoms with E-state index in [0.29, 0.717) is 42.1 Å². The number of benzene rings is 1. The van der Waals surface area contributed by atoms with Crippen LogP contribution in [0.2, 0.25) is 0 Å². The minimum absolute atomic E-state index is 0.129. The second-order valence-electron chi connectivity index (χ2n) is 4.58. The summed E-state index contributed by atoms with van der Waals surface area (Å²) in [4.78, 5) is 14.5. The molecule has 0 saturated carbocycles. The first-order chi connectivity index (χ1) is 9.56. The topological polar surface area (TPSA) is 76.2 Å². The number of aromatic nitrogens is 2. The largest absolute Gasteiger partial charge is 0.481 e. The number of carboxylic acid groups (broad SMARTS) is 1. The van der Waals surface area contributed by atoms with Crippen molar-refractivity contribution in [2.75, 3.05) is 0 Å². The van der Waals surface area contributed by atoms with Gasteiger partial charge in [0.1, 0.15) is 5.82 Å². The number of aryl methyl sites for hydroxylation is 2. The van der Waals surface area contributed by atoms with Crippen molar-refractivity contribution in [2.45, 2.75) is 32.6 Å². The van der Waals surface area contributed by atoms with Crippen molar-refractivity contribution in [3.63, 3.8) is 0 Å². The lowest BCUT2D eigenvalue weighted by molar-refractivity contribution is -0.137. The normalized spacial score (nSPS) is 10.7. The Balaban J connectivity index is 1.97. The second-order valence-corrected chi connectivity index (χ2v) is 4.58. The van der Waals surface area contributed by atoms with E-state index >= 15 is 0 Å². The van der Waals surface area contributed by atoms with Gasteiger partial charge in [0, 0.05) is 18.4 Å². The SMILES string of the molecule is Cc1ccc(-c2noc(CCCCC(=O)O)n2)cc1F. The number of halogens is 1. The molecule has 2 rings (SSSR count). The molecule has 2 aromatic rings. The predicted molar refractivity (Wildman–Crippen MR) is 69.6 cm³/mol. The standard InChI is InChI=1S/C14H15FN2O3/c1-9-6-7-10(8-11(9)15)14-16-12(20-17-14)4-2-3-5-13(18)19/h6-8H,2-5H2,1H3,(H,18,19). The first-order valence-electron chi connectivity index (χ1n) is 6.37. The van der Waals surface area contributed by atoms with Gasteiger partial charge in [-0.2, -0.15) is 4.98 Å². The summed E-state index contributed by atoms with van der Waals surface area (Å²) in [6.45, 7) is 1.68. The first-order valence-corrected chi connectivity index (χ1v) is 6.37. The molecule has 0 saturated heterocycles. The molecule has 6 heteroatoms. The number of rotatable bonds is 6. The van der Waals surface area contributed by atoms with E-state index in [1.807, 2.05) is 0 Å². The molecule has 0 spiro atoms. The van der Waals surface area contributed by atoms with Gasteiger partial charge >= 0.3 is 5.97 Å². The second kappa shape index (κ2) is 6.27. The monoisotopic (exact) mass is 278 g/mol. The fourth-order valence-electron chi connectivity index (χ4n) is 1.76. The zero-order chi connectivity index (χ0) is 14.5. The highest BCUT2D eigenvalue weighted by Gasteiger charge is 2.10. The Hall–Kier alpha value is -2.24. The van der Waals surface area contributed by atoms with Crippen molar-refractivity contribution >= 4 is 5.97 Å². The van der Waals surface area contributed by atoms with Crippen LogP contribution < -0.4 is 0 Å². The van der Waals surface area contributed by atoms with Gasteiger partial charge in [0.05, 0.1) is 0 Å². The molecule has 0 aliphatic carbocycles. The maximum atomic E-state index is 13.5. The third-order valence-electron chi connectivity index (χ3n) is 2.93. The predicted octanol–water partition coefficient (Wildman–Crippen LogP) is 2.98. The molecule has 20 heavy (non-hydrogen) atoms. The molecule has 1 aromatic carbocycles. The fraction of sp³-hybridized carbons (Fsp3) is 0.357. The molecule has 0 aliphatic heterocycles. The van der Waals surface area contributed by atoms with Crippen LogP contribution in [0.3, 0.4) is 0 Å². The highest BCUT2D eigenvalue weighted by Crippen LogP contribution is 2.19. The molecular weight excluding hydrogens is 263 g/mol. The zero-order valence-electron chi connectivity index (χ0n) is 11.1. The van der Waals surface area contributed by atoms with E-state index in [0.717, 1.165) is 0 Å². The Labute approximate surface area is 115 Å².